The molecule has 1 N–H and O–H groups in total. The van der Waals surface area contributed by atoms with Crippen molar-refractivity contribution < 1.29 is 0 Å². The van der Waals surface area contributed by atoms with Crippen molar-refractivity contribution in [2.24, 2.45) is 0 Å². The SMILES string of the molecule is Cc1cc(CNCCc2cscn2)ccc1Br. The van der Waals surface area contributed by atoms with E-state index in [2.05, 4.69) is 56.7 Å². The van der Waals surface area contributed by atoms with Gasteiger partial charge in [0.25, 0.3) is 0 Å². The Morgan fingerprint density at radius 3 is 3.00 bits per heavy atom. The van der Waals surface area contributed by atoms with Gasteiger partial charge in [0.2, 0.25) is 0 Å². The maximum Gasteiger partial charge on any atom is 0.0794 e. The predicted molar refractivity (Wildman–Crippen MR) is 76.4 cm³/mol. The van der Waals surface area contributed by atoms with E-state index in [0.29, 0.717) is 0 Å². The van der Waals surface area contributed by atoms with E-state index in [0.717, 1.165) is 19.5 Å². The molecule has 1 aromatic heterocycles. The van der Waals surface area contributed by atoms with Crippen LogP contribution < -0.4 is 5.32 Å². The van der Waals surface area contributed by atoms with E-state index in [9.17, 15) is 0 Å². The van der Waals surface area contributed by atoms with E-state index in [1.807, 2.05) is 5.51 Å². The first-order valence-corrected chi connectivity index (χ1v) is 7.32. The normalized spacial score (nSPS) is 10.7. The third kappa shape index (κ3) is 3.91. The monoisotopic (exact) mass is 310 g/mol. The van der Waals surface area contributed by atoms with Crippen LogP contribution in [0.15, 0.2) is 33.6 Å². The van der Waals surface area contributed by atoms with Gasteiger partial charge in [-0.3, -0.25) is 0 Å². The maximum absolute atomic E-state index is 4.26. The number of nitrogens with zero attached hydrogens (tertiary/aromatic N) is 1. The number of aromatic nitrogens is 1. The molecule has 1 heterocycles. The van der Waals surface area contributed by atoms with Gasteiger partial charge in [0, 0.05) is 29.4 Å². The van der Waals surface area contributed by atoms with E-state index < -0.39 is 0 Å². The molecule has 0 spiro atoms. The van der Waals surface area contributed by atoms with Crippen molar-refractivity contribution in [2.75, 3.05) is 6.54 Å². The molecule has 0 amide bonds. The van der Waals surface area contributed by atoms with Crippen LogP contribution >= 0.6 is 27.3 Å². The maximum atomic E-state index is 4.26. The third-order valence-electron chi connectivity index (χ3n) is 2.59. The molecule has 0 aliphatic carbocycles. The summed E-state index contributed by atoms with van der Waals surface area (Å²) in [7, 11) is 0. The lowest BCUT2D eigenvalue weighted by atomic mass is 10.1. The van der Waals surface area contributed by atoms with Crippen LogP contribution in [0.25, 0.3) is 0 Å². The van der Waals surface area contributed by atoms with Gasteiger partial charge in [-0.2, -0.15) is 0 Å². The van der Waals surface area contributed by atoms with Gasteiger partial charge in [0.1, 0.15) is 0 Å². The molecule has 0 aliphatic heterocycles. The Labute approximate surface area is 114 Å². The summed E-state index contributed by atoms with van der Waals surface area (Å²) < 4.78 is 1.17. The van der Waals surface area contributed by atoms with Gasteiger partial charge >= 0.3 is 0 Å². The highest BCUT2D eigenvalue weighted by molar-refractivity contribution is 9.10. The summed E-state index contributed by atoms with van der Waals surface area (Å²) in [6, 6.07) is 6.46. The second-order valence-corrected chi connectivity index (χ2v) is 5.56. The smallest absolute Gasteiger partial charge is 0.0794 e. The summed E-state index contributed by atoms with van der Waals surface area (Å²) in [4.78, 5) is 4.26. The molecular formula is C13H15BrN2S. The Balaban J connectivity index is 1.76. The van der Waals surface area contributed by atoms with E-state index in [1.165, 1.54) is 21.3 Å². The fourth-order valence-corrected chi connectivity index (χ4v) is 2.47. The van der Waals surface area contributed by atoms with Crippen molar-refractivity contribution in [1.82, 2.24) is 10.3 Å². The van der Waals surface area contributed by atoms with Crippen LogP contribution in [0.4, 0.5) is 0 Å². The van der Waals surface area contributed by atoms with Crippen molar-refractivity contribution in [3.63, 3.8) is 0 Å². The Bertz CT molecular complexity index is 468. The molecule has 0 saturated heterocycles. The standard InChI is InChI=1S/C13H15BrN2S/c1-10-6-11(2-3-13(10)14)7-15-5-4-12-8-17-9-16-12/h2-3,6,8-9,15H,4-5,7H2,1H3. The van der Waals surface area contributed by atoms with Gasteiger partial charge in [-0.25, -0.2) is 4.98 Å². The number of benzene rings is 1. The molecule has 2 nitrogen and oxygen atoms in total. The lowest BCUT2D eigenvalue weighted by Crippen LogP contribution is -2.16. The van der Waals surface area contributed by atoms with Crippen LogP contribution in [0.1, 0.15) is 16.8 Å². The summed E-state index contributed by atoms with van der Waals surface area (Å²) in [5.74, 6) is 0. The number of hydrogen-bond donors (Lipinski definition) is 1. The number of rotatable bonds is 5. The average Bonchev–Trinajstić information content (AvgIpc) is 2.82. The van der Waals surface area contributed by atoms with Crippen molar-refractivity contribution in [3.05, 3.63) is 50.4 Å². The zero-order valence-corrected chi connectivity index (χ0v) is 12.1. The van der Waals surface area contributed by atoms with Crippen molar-refractivity contribution >= 4 is 27.3 Å². The van der Waals surface area contributed by atoms with E-state index in [-0.39, 0.29) is 0 Å². The lowest BCUT2D eigenvalue weighted by molar-refractivity contribution is 0.681. The van der Waals surface area contributed by atoms with Gasteiger partial charge < -0.3 is 5.32 Å². The molecular weight excluding hydrogens is 296 g/mol. The number of thiazole rings is 1. The van der Waals surface area contributed by atoms with Crippen LogP contribution in [0.5, 0.6) is 0 Å². The van der Waals surface area contributed by atoms with Crippen LogP contribution in [-0.2, 0) is 13.0 Å². The third-order valence-corrected chi connectivity index (χ3v) is 4.12. The van der Waals surface area contributed by atoms with E-state index in [1.54, 1.807) is 11.3 Å². The molecule has 1 aromatic carbocycles. The highest BCUT2D eigenvalue weighted by atomic mass is 79.9. The molecule has 17 heavy (non-hydrogen) atoms. The quantitative estimate of drug-likeness (QED) is 0.854. The Morgan fingerprint density at radius 2 is 2.29 bits per heavy atom. The second-order valence-electron chi connectivity index (χ2n) is 3.99. The van der Waals surface area contributed by atoms with Crippen molar-refractivity contribution in [2.45, 2.75) is 19.9 Å². The van der Waals surface area contributed by atoms with E-state index >= 15 is 0 Å². The highest BCUT2D eigenvalue weighted by Crippen LogP contribution is 2.16. The topological polar surface area (TPSA) is 24.9 Å². The number of halogens is 1. The van der Waals surface area contributed by atoms with Crippen LogP contribution in [0.3, 0.4) is 0 Å². The summed E-state index contributed by atoms with van der Waals surface area (Å²) in [5.41, 5.74) is 5.66. The molecule has 90 valence electrons. The summed E-state index contributed by atoms with van der Waals surface area (Å²) in [6.45, 7) is 4.00. The lowest BCUT2D eigenvalue weighted by Gasteiger charge is -2.06. The van der Waals surface area contributed by atoms with Crippen LogP contribution in [-0.4, -0.2) is 11.5 Å². The van der Waals surface area contributed by atoms with Crippen molar-refractivity contribution in [1.29, 1.82) is 0 Å². The van der Waals surface area contributed by atoms with Crippen molar-refractivity contribution in [3.8, 4) is 0 Å². The zero-order chi connectivity index (χ0) is 12.1. The average molecular weight is 311 g/mol. The molecule has 0 saturated carbocycles. The summed E-state index contributed by atoms with van der Waals surface area (Å²) >= 11 is 5.16. The molecule has 0 aliphatic rings. The van der Waals surface area contributed by atoms with E-state index in [4.69, 9.17) is 0 Å². The molecule has 2 rings (SSSR count). The minimum atomic E-state index is 0.915. The first-order chi connectivity index (χ1) is 8.25. The molecule has 0 fully saturated rings. The van der Waals surface area contributed by atoms with Crippen LogP contribution in [0.2, 0.25) is 0 Å². The second kappa shape index (κ2) is 6.28. The minimum Gasteiger partial charge on any atom is -0.312 e. The Kier molecular flexibility index (Phi) is 4.71. The minimum absolute atomic E-state index is 0.915. The zero-order valence-electron chi connectivity index (χ0n) is 9.74. The van der Waals surface area contributed by atoms with Crippen LogP contribution in [0, 0.1) is 6.92 Å². The van der Waals surface area contributed by atoms with Gasteiger partial charge in [-0.15, -0.1) is 11.3 Å². The Morgan fingerprint density at radius 1 is 1.41 bits per heavy atom. The largest absolute Gasteiger partial charge is 0.312 e. The Hall–Kier alpha value is -0.710. The first kappa shape index (κ1) is 12.7. The molecule has 2 aromatic rings. The summed E-state index contributed by atoms with van der Waals surface area (Å²) in [6.07, 6.45) is 0.999. The number of nitrogens with one attached hydrogen (secondary N) is 1. The van der Waals surface area contributed by atoms with Gasteiger partial charge in [-0.1, -0.05) is 28.1 Å². The summed E-state index contributed by atoms with van der Waals surface area (Å²) in [5, 5.41) is 5.54. The van der Waals surface area contributed by atoms with Gasteiger partial charge in [-0.05, 0) is 24.1 Å². The fourth-order valence-electron chi connectivity index (χ4n) is 1.63. The molecule has 0 radical (unpaired) electrons. The van der Waals surface area contributed by atoms with Gasteiger partial charge in [0.15, 0.2) is 0 Å². The molecule has 0 bridgehead atoms. The fraction of sp³-hybridized carbons (Fsp3) is 0.308. The number of hydrogen-bond acceptors (Lipinski definition) is 3. The molecule has 4 heteroatoms. The number of aryl methyl sites for hydroxylation is 1. The molecule has 0 unspecified atom stereocenters. The van der Waals surface area contributed by atoms with Gasteiger partial charge in [0.05, 0.1) is 11.2 Å². The predicted octanol–water partition coefficient (Wildman–Crippen LogP) is 3.55. The highest BCUT2D eigenvalue weighted by Gasteiger charge is 1.98. The molecule has 0 atom stereocenters. The first-order valence-electron chi connectivity index (χ1n) is 5.58.